The first-order chi connectivity index (χ1) is 15.5. The molecule has 1 fully saturated rings. The molecule has 2 aliphatic rings. The van der Waals surface area contributed by atoms with Gasteiger partial charge in [-0.25, -0.2) is 4.98 Å². The van der Waals surface area contributed by atoms with Crippen molar-refractivity contribution in [3.63, 3.8) is 0 Å². The highest BCUT2D eigenvalue weighted by Gasteiger charge is 2.43. The molecule has 0 radical (unpaired) electrons. The number of hydrogen-bond donors (Lipinski definition) is 0. The lowest BCUT2D eigenvalue weighted by molar-refractivity contribution is 0.282. The second-order valence-electron chi connectivity index (χ2n) is 8.88. The van der Waals surface area contributed by atoms with E-state index < -0.39 is 0 Å². The van der Waals surface area contributed by atoms with E-state index in [1.165, 1.54) is 24.8 Å². The first-order valence-corrected chi connectivity index (χ1v) is 13.1. The first kappa shape index (κ1) is 22.1. The number of nitrogens with zero attached hydrogens (tertiary/aromatic N) is 2. The lowest BCUT2D eigenvalue weighted by Crippen LogP contribution is -2.43. The van der Waals surface area contributed by atoms with Gasteiger partial charge in [0.2, 0.25) is 0 Å². The fourth-order valence-electron chi connectivity index (χ4n) is 5.39. The lowest BCUT2D eigenvalue weighted by Gasteiger charge is -2.42. The molecule has 3 nitrogen and oxygen atoms in total. The molecule has 5 rings (SSSR count). The van der Waals surface area contributed by atoms with Crippen molar-refractivity contribution in [2.24, 2.45) is 0 Å². The van der Waals surface area contributed by atoms with Crippen LogP contribution in [-0.2, 0) is 24.1 Å². The predicted molar refractivity (Wildman–Crippen MR) is 134 cm³/mol. The molecule has 1 saturated carbocycles. The van der Waals surface area contributed by atoms with Gasteiger partial charge in [-0.1, -0.05) is 84.6 Å². The Kier molecular flexibility index (Phi) is 6.13. The topological polar surface area (TPSA) is 34.9 Å². The Morgan fingerprint density at radius 2 is 1.84 bits per heavy atom. The number of thioether (sulfide) groups is 1. The van der Waals surface area contributed by atoms with Gasteiger partial charge in [0, 0.05) is 23.3 Å². The van der Waals surface area contributed by atoms with Crippen LogP contribution in [0.5, 0.6) is 0 Å². The van der Waals surface area contributed by atoms with Gasteiger partial charge in [-0.3, -0.25) is 9.36 Å². The lowest BCUT2D eigenvalue weighted by atomic mass is 9.62. The second-order valence-corrected chi connectivity index (χ2v) is 10.6. The molecular formula is C26H26Cl2N2OS. The Hall–Kier alpha value is -1.75. The summed E-state index contributed by atoms with van der Waals surface area (Å²) in [6.07, 6.45) is 6.72. The van der Waals surface area contributed by atoms with Crippen molar-refractivity contribution in [1.82, 2.24) is 9.55 Å². The maximum Gasteiger partial charge on any atom is 0.258 e. The minimum Gasteiger partial charge on any atom is -0.288 e. The van der Waals surface area contributed by atoms with Gasteiger partial charge in [-0.2, -0.15) is 0 Å². The summed E-state index contributed by atoms with van der Waals surface area (Å²) in [7, 11) is 0. The standard InChI is InChI=1S/C26H26Cl2N2OS/c1-2-30-24(31)22-23(29-25(30)32-16-17-10-11-20(27)21(28)14-17)19-9-5-4-8-18(19)15-26(22)12-6-3-7-13-26/h4-5,8-11,14H,2-3,6-7,12-13,15-16H2,1H3. The fraction of sp³-hybridized carbons (Fsp3) is 0.385. The monoisotopic (exact) mass is 484 g/mol. The maximum absolute atomic E-state index is 13.9. The van der Waals surface area contributed by atoms with Crippen molar-refractivity contribution in [1.29, 1.82) is 0 Å². The van der Waals surface area contributed by atoms with Crippen molar-refractivity contribution in [3.05, 3.63) is 79.6 Å². The van der Waals surface area contributed by atoms with E-state index in [0.29, 0.717) is 22.3 Å². The van der Waals surface area contributed by atoms with Crippen LogP contribution in [0, 0.1) is 0 Å². The molecule has 2 aromatic carbocycles. The zero-order valence-corrected chi connectivity index (χ0v) is 20.5. The van der Waals surface area contributed by atoms with Crippen LogP contribution in [0.1, 0.15) is 55.7 Å². The Balaban J connectivity index is 1.62. The summed E-state index contributed by atoms with van der Waals surface area (Å²) in [5.41, 5.74) is 5.43. The highest BCUT2D eigenvalue weighted by Crippen LogP contribution is 2.48. The summed E-state index contributed by atoms with van der Waals surface area (Å²) in [5, 5.41) is 1.86. The number of hydrogen-bond acceptors (Lipinski definition) is 3. The molecule has 0 aliphatic heterocycles. The molecule has 0 unspecified atom stereocenters. The average molecular weight is 485 g/mol. The Morgan fingerprint density at radius 1 is 1.06 bits per heavy atom. The Labute approximate surface area is 203 Å². The summed E-state index contributed by atoms with van der Waals surface area (Å²) in [4.78, 5) is 19.1. The van der Waals surface area contributed by atoms with Gasteiger partial charge in [0.1, 0.15) is 0 Å². The molecule has 32 heavy (non-hydrogen) atoms. The van der Waals surface area contributed by atoms with Gasteiger partial charge in [-0.15, -0.1) is 0 Å². The third-order valence-electron chi connectivity index (χ3n) is 6.94. The number of benzene rings is 2. The molecule has 0 saturated heterocycles. The van der Waals surface area contributed by atoms with Crippen molar-refractivity contribution in [3.8, 4) is 11.3 Å². The fourth-order valence-corrected chi connectivity index (χ4v) is 6.71. The first-order valence-electron chi connectivity index (χ1n) is 11.3. The minimum atomic E-state index is -0.0736. The molecule has 2 aliphatic carbocycles. The number of aromatic nitrogens is 2. The van der Waals surface area contributed by atoms with E-state index in [4.69, 9.17) is 28.2 Å². The number of halogens is 2. The van der Waals surface area contributed by atoms with Crippen LogP contribution in [0.2, 0.25) is 10.0 Å². The van der Waals surface area contributed by atoms with Gasteiger partial charge in [-0.05, 0) is 49.4 Å². The van der Waals surface area contributed by atoms with E-state index in [1.54, 1.807) is 11.8 Å². The largest absolute Gasteiger partial charge is 0.288 e. The van der Waals surface area contributed by atoms with Gasteiger partial charge in [0.25, 0.3) is 5.56 Å². The summed E-state index contributed by atoms with van der Waals surface area (Å²) >= 11 is 13.9. The third-order valence-corrected chi connectivity index (χ3v) is 8.73. The molecule has 1 aromatic heterocycles. The summed E-state index contributed by atoms with van der Waals surface area (Å²) in [6.45, 7) is 2.64. The summed E-state index contributed by atoms with van der Waals surface area (Å²) < 4.78 is 1.87. The Morgan fingerprint density at radius 3 is 2.59 bits per heavy atom. The van der Waals surface area contributed by atoms with E-state index in [9.17, 15) is 4.79 Å². The molecule has 0 amide bonds. The molecular weight excluding hydrogens is 459 g/mol. The van der Waals surface area contributed by atoms with Crippen LogP contribution < -0.4 is 5.56 Å². The molecule has 1 heterocycles. The molecule has 1 spiro atoms. The van der Waals surface area contributed by atoms with Crippen molar-refractivity contribution >= 4 is 35.0 Å². The van der Waals surface area contributed by atoms with E-state index in [0.717, 1.165) is 46.8 Å². The van der Waals surface area contributed by atoms with Gasteiger partial charge >= 0.3 is 0 Å². The number of rotatable bonds is 4. The van der Waals surface area contributed by atoms with E-state index in [2.05, 4.69) is 24.3 Å². The second kappa shape index (κ2) is 8.89. The summed E-state index contributed by atoms with van der Waals surface area (Å²) in [6, 6.07) is 14.2. The van der Waals surface area contributed by atoms with Gasteiger partial charge in [0.05, 0.1) is 21.3 Å². The van der Waals surface area contributed by atoms with Crippen LogP contribution in [-0.4, -0.2) is 9.55 Å². The van der Waals surface area contributed by atoms with Crippen molar-refractivity contribution in [2.45, 2.75) is 68.3 Å². The molecule has 3 aromatic rings. The number of fused-ring (bicyclic) bond motifs is 4. The molecule has 6 heteroatoms. The van der Waals surface area contributed by atoms with Crippen LogP contribution in [0.4, 0.5) is 0 Å². The van der Waals surface area contributed by atoms with Crippen molar-refractivity contribution < 1.29 is 0 Å². The van der Waals surface area contributed by atoms with Gasteiger partial charge in [0.15, 0.2) is 5.16 Å². The average Bonchev–Trinajstić information content (AvgIpc) is 2.80. The smallest absolute Gasteiger partial charge is 0.258 e. The van der Waals surface area contributed by atoms with Crippen LogP contribution in [0.15, 0.2) is 52.4 Å². The quantitative estimate of drug-likeness (QED) is 0.288. The highest BCUT2D eigenvalue weighted by atomic mass is 35.5. The van der Waals surface area contributed by atoms with E-state index in [1.807, 2.05) is 29.7 Å². The molecule has 0 atom stereocenters. The predicted octanol–water partition coefficient (Wildman–Crippen LogP) is 7.29. The van der Waals surface area contributed by atoms with Crippen LogP contribution in [0.3, 0.4) is 0 Å². The van der Waals surface area contributed by atoms with Gasteiger partial charge < -0.3 is 0 Å². The maximum atomic E-state index is 13.9. The van der Waals surface area contributed by atoms with Crippen molar-refractivity contribution in [2.75, 3.05) is 0 Å². The Bertz CT molecular complexity index is 1230. The summed E-state index contributed by atoms with van der Waals surface area (Å²) in [5.74, 6) is 0.676. The van der Waals surface area contributed by atoms with Crippen LogP contribution >= 0.6 is 35.0 Å². The zero-order chi connectivity index (χ0) is 22.3. The molecule has 0 N–H and O–H groups in total. The minimum absolute atomic E-state index is 0.0736. The normalized spacial score (nSPS) is 16.6. The highest BCUT2D eigenvalue weighted by molar-refractivity contribution is 7.98. The SMILES string of the molecule is CCn1c(SCc2ccc(Cl)c(Cl)c2)nc2c(c1=O)C1(CCCCC1)Cc1ccccc1-2. The van der Waals surface area contributed by atoms with E-state index >= 15 is 0 Å². The van der Waals surface area contributed by atoms with E-state index in [-0.39, 0.29) is 11.0 Å². The molecule has 166 valence electrons. The van der Waals surface area contributed by atoms with Crippen LogP contribution in [0.25, 0.3) is 11.3 Å². The zero-order valence-electron chi connectivity index (χ0n) is 18.2. The molecule has 0 bridgehead atoms. The third kappa shape index (κ3) is 3.81.